The summed E-state index contributed by atoms with van der Waals surface area (Å²) in [6, 6.07) is 4.25. The first-order valence-electron chi connectivity index (χ1n) is 5.97. The Labute approximate surface area is 115 Å². The number of phenolic OH excluding ortho intramolecular Hbond substituents is 1. The van der Waals surface area contributed by atoms with E-state index >= 15 is 0 Å². The zero-order valence-corrected chi connectivity index (χ0v) is 11.1. The molecule has 1 amide bonds. The van der Waals surface area contributed by atoms with Crippen molar-refractivity contribution in [3.05, 3.63) is 28.8 Å². The Hall–Kier alpha value is -1.75. The summed E-state index contributed by atoms with van der Waals surface area (Å²) in [5.74, 6) is -1.35. The van der Waals surface area contributed by atoms with Gasteiger partial charge in [-0.2, -0.15) is 0 Å². The van der Waals surface area contributed by atoms with E-state index < -0.39 is 12.1 Å². The van der Waals surface area contributed by atoms with Crippen molar-refractivity contribution in [3.63, 3.8) is 0 Å². The summed E-state index contributed by atoms with van der Waals surface area (Å²) in [6.07, 6.45) is 1.01. The summed E-state index contributed by atoms with van der Waals surface area (Å²) in [4.78, 5) is 23.4. The minimum atomic E-state index is -0.911. The van der Waals surface area contributed by atoms with Crippen molar-refractivity contribution in [2.45, 2.75) is 31.9 Å². The lowest BCUT2D eigenvalue weighted by Gasteiger charge is -2.13. The van der Waals surface area contributed by atoms with Crippen LogP contribution in [0.1, 0.15) is 30.1 Å². The number of hydrogen-bond acceptors (Lipinski definition) is 4. The zero-order valence-electron chi connectivity index (χ0n) is 10.4. The summed E-state index contributed by atoms with van der Waals surface area (Å²) in [6.45, 7) is 1.48. The van der Waals surface area contributed by atoms with Crippen LogP contribution in [0, 0.1) is 0 Å². The van der Waals surface area contributed by atoms with E-state index in [-0.39, 0.29) is 23.3 Å². The number of carbonyl (C=O) groups is 2. The molecule has 1 aromatic rings. The molecular formula is C13H14ClNO4. The average molecular weight is 284 g/mol. The maximum absolute atomic E-state index is 11.8. The zero-order chi connectivity index (χ0) is 14.0. The van der Waals surface area contributed by atoms with Crippen molar-refractivity contribution >= 4 is 23.5 Å². The molecule has 0 aliphatic heterocycles. The van der Waals surface area contributed by atoms with Crippen molar-refractivity contribution in [2.24, 2.45) is 0 Å². The fraction of sp³-hybridized carbons (Fsp3) is 0.385. The molecule has 5 nitrogen and oxygen atoms in total. The molecule has 6 heteroatoms. The molecule has 1 aliphatic rings. The molecule has 0 aromatic heterocycles. The van der Waals surface area contributed by atoms with Crippen LogP contribution in [0.3, 0.4) is 0 Å². The fourth-order valence-electron chi connectivity index (χ4n) is 1.50. The van der Waals surface area contributed by atoms with Crippen LogP contribution in [-0.4, -0.2) is 29.1 Å². The number of esters is 1. The summed E-state index contributed by atoms with van der Waals surface area (Å²) in [5.41, 5.74) is -0.0569. The van der Waals surface area contributed by atoms with Crippen molar-refractivity contribution in [3.8, 4) is 5.75 Å². The summed E-state index contributed by atoms with van der Waals surface area (Å²) < 4.78 is 4.99. The van der Waals surface area contributed by atoms with E-state index in [0.29, 0.717) is 5.02 Å². The van der Waals surface area contributed by atoms with Crippen molar-refractivity contribution in [1.82, 2.24) is 5.32 Å². The Kier molecular flexibility index (Phi) is 3.95. The number of ether oxygens (including phenoxy) is 1. The second-order valence-electron chi connectivity index (χ2n) is 4.49. The quantitative estimate of drug-likeness (QED) is 0.827. The van der Waals surface area contributed by atoms with Crippen LogP contribution < -0.4 is 5.32 Å². The average Bonchev–Trinajstić information content (AvgIpc) is 3.15. The molecule has 2 rings (SSSR count). The molecule has 1 atom stereocenters. The second kappa shape index (κ2) is 5.48. The van der Waals surface area contributed by atoms with Crippen LogP contribution in [-0.2, 0) is 9.53 Å². The lowest BCUT2D eigenvalue weighted by atomic mass is 10.2. The lowest BCUT2D eigenvalue weighted by Crippen LogP contribution is -2.37. The fourth-order valence-corrected chi connectivity index (χ4v) is 1.67. The van der Waals surface area contributed by atoms with E-state index in [0.717, 1.165) is 12.8 Å². The molecule has 0 unspecified atom stereocenters. The van der Waals surface area contributed by atoms with Gasteiger partial charge in [-0.25, -0.2) is 4.79 Å². The molecule has 0 radical (unpaired) electrons. The first-order chi connectivity index (χ1) is 8.97. The molecule has 0 saturated heterocycles. The van der Waals surface area contributed by atoms with Crippen LogP contribution in [0.15, 0.2) is 18.2 Å². The molecule has 102 valence electrons. The van der Waals surface area contributed by atoms with Gasteiger partial charge >= 0.3 is 5.97 Å². The van der Waals surface area contributed by atoms with Gasteiger partial charge in [-0.1, -0.05) is 11.6 Å². The highest BCUT2D eigenvalue weighted by atomic mass is 35.5. The van der Waals surface area contributed by atoms with Gasteiger partial charge in [0.05, 0.1) is 0 Å². The number of benzene rings is 1. The van der Waals surface area contributed by atoms with E-state index in [1.807, 2.05) is 0 Å². The number of phenols is 1. The van der Waals surface area contributed by atoms with Gasteiger partial charge in [-0.05, 0) is 38.0 Å². The van der Waals surface area contributed by atoms with E-state index in [4.69, 9.17) is 16.3 Å². The van der Waals surface area contributed by atoms with Crippen LogP contribution in [0.5, 0.6) is 5.75 Å². The normalized spacial score (nSPS) is 15.7. The summed E-state index contributed by atoms with van der Waals surface area (Å²) in [5, 5.41) is 12.6. The van der Waals surface area contributed by atoms with Crippen LogP contribution in [0.25, 0.3) is 0 Å². The number of halogens is 1. The molecule has 0 spiro atoms. The number of aromatic hydroxyl groups is 1. The highest BCUT2D eigenvalue weighted by Crippen LogP contribution is 2.23. The highest BCUT2D eigenvalue weighted by molar-refractivity contribution is 6.31. The van der Waals surface area contributed by atoms with Crippen molar-refractivity contribution < 1.29 is 19.4 Å². The molecule has 0 heterocycles. The first-order valence-corrected chi connectivity index (χ1v) is 6.35. The number of carbonyl (C=O) groups excluding carboxylic acids is 2. The Morgan fingerprint density at radius 3 is 2.79 bits per heavy atom. The molecule has 1 aliphatic carbocycles. The number of nitrogens with one attached hydrogen (secondary N) is 1. The number of amides is 1. The van der Waals surface area contributed by atoms with Gasteiger partial charge in [0.15, 0.2) is 6.10 Å². The summed E-state index contributed by atoms with van der Waals surface area (Å²) in [7, 11) is 0. The molecule has 19 heavy (non-hydrogen) atoms. The Bertz CT molecular complexity index is 513. The van der Waals surface area contributed by atoms with Gasteiger partial charge < -0.3 is 15.2 Å². The first kappa shape index (κ1) is 13.7. The minimum absolute atomic E-state index is 0.0569. The van der Waals surface area contributed by atoms with E-state index in [1.165, 1.54) is 25.1 Å². The third kappa shape index (κ3) is 3.61. The smallest absolute Gasteiger partial charge is 0.342 e. The monoisotopic (exact) mass is 283 g/mol. The van der Waals surface area contributed by atoms with E-state index in [1.54, 1.807) is 0 Å². The number of hydrogen-bond donors (Lipinski definition) is 2. The Morgan fingerprint density at radius 1 is 1.47 bits per heavy atom. The lowest BCUT2D eigenvalue weighted by molar-refractivity contribution is -0.129. The van der Waals surface area contributed by atoms with Gasteiger partial charge in [0, 0.05) is 11.1 Å². The summed E-state index contributed by atoms with van der Waals surface area (Å²) >= 11 is 5.74. The third-order valence-electron chi connectivity index (χ3n) is 2.76. The van der Waals surface area contributed by atoms with Gasteiger partial charge in [-0.15, -0.1) is 0 Å². The molecule has 2 N–H and O–H groups in total. The topological polar surface area (TPSA) is 75.6 Å². The second-order valence-corrected chi connectivity index (χ2v) is 4.93. The van der Waals surface area contributed by atoms with Crippen molar-refractivity contribution in [2.75, 3.05) is 0 Å². The molecule has 1 aromatic carbocycles. The van der Waals surface area contributed by atoms with Gasteiger partial charge in [0.25, 0.3) is 5.91 Å². The molecule has 1 saturated carbocycles. The van der Waals surface area contributed by atoms with Crippen LogP contribution in [0.2, 0.25) is 5.02 Å². The Balaban J connectivity index is 1.99. The largest absolute Gasteiger partial charge is 0.507 e. The van der Waals surface area contributed by atoms with Crippen molar-refractivity contribution in [1.29, 1.82) is 0 Å². The van der Waals surface area contributed by atoms with Gasteiger partial charge in [0.1, 0.15) is 11.3 Å². The minimum Gasteiger partial charge on any atom is -0.507 e. The maximum atomic E-state index is 11.8. The number of rotatable bonds is 4. The van der Waals surface area contributed by atoms with E-state index in [2.05, 4.69) is 5.32 Å². The predicted molar refractivity (Wildman–Crippen MR) is 69.2 cm³/mol. The molecule has 1 fully saturated rings. The third-order valence-corrected chi connectivity index (χ3v) is 2.99. The SMILES string of the molecule is C[C@@H](OC(=O)c1cc(Cl)ccc1O)C(=O)NC1CC1. The highest BCUT2D eigenvalue weighted by Gasteiger charge is 2.27. The van der Waals surface area contributed by atoms with Gasteiger partial charge in [-0.3, -0.25) is 4.79 Å². The van der Waals surface area contributed by atoms with Gasteiger partial charge in [0.2, 0.25) is 0 Å². The Morgan fingerprint density at radius 2 is 2.16 bits per heavy atom. The van der Waals surface area contributed by atoms with Crippen LogP contribution in [0.4, 0.5) is 0 Å². The molecular weight excluding hydrogens is 270 g/mol. The maximum Gasteiger partial charge on any atom is 0.342 e. The van der Waals surface area contributed by atoms with E-state index in [9.17, 15) is 14.7 Å². The van der Waals surface area contributed by atoms with Crippen LogP contribution >= 0.6 is 11.6 Å². The standard InChI is InChI=1S/C13H14ClNO4/c1-7(12(17)15-9-3-4-9)19-13(18)10-6-8(14)2-5-11(10)16/h2,5-7,9,16H,3-4H2,1H3,(H,15,17)/t7-/m1/s1. The molecule has 0 bridgehead atoms. The predicted octanol–water partition coefficient (Wildman–Crippen LogP) is 1.87.